The summed E-state index contributed by atoms with van der Waals surface area (Å²) in [5.41, 5.74) is -3.94. The lowest BCUT2D eigenvalue weighted by atomic mass is 9.97. The van der Waals surface area contributed by atoms with Crippen molar-refractivity contribution in [1.82, 2.24) is 4.57 Å². The fourth-order valence-corrected chi connectivity index (χ4v) is 3.30. The van der Waals surface area contributed by atoms with Gasteiger partial charge in [-0.15, -0.1) is 0 Å². The summed E-state index contributed by atoms with van der Waals surface area (Å²) in [6.45, 7) is 8.52. The van der Waals surface area contributed by atoms with Crippen LogP contribution >= 0.6 is 0 Å². The van der Waals surface area contributed by atoms with Crippen molar-refractivity contribution in [2.45, 2.75) is 31.5 Å². The van der Waals surface area contributed by atoms with E-state index in [0.29, 0.717) is 17.2 Å². The van der Waals surface area contributed by atoms with Gasteiger partial charge in [0.2, 0.25) is 0 Å². The van der Waals surface area contributed by atoms with Gasteiger partial charge in [0.25, 0.3) is 11.2 Å². The third-order valence-electron chi connectivity index (χ3n) is 4.97. The van der Waals surface area contributed by atoms with Gasteiger partial charge in [-0.05, 0) is 30.2 Å². The van der Waals surface area contributed by atoms with Crippen molar-refractivity contribution in [1.29, 1.82) is 0 Å². The number of halogens is 7. The second-order valence-corrected chi connectivity index (χ2v) is 7.30. The van der Waals surface area contributed by atoms with Crippen LogP contribution in [0.5, 0.6) is 0 Å². The maximum atomic E-state index is 14.6. The van der Waals surface area contributed by atoms with Crippen molar-refractivity contribution in [2.24, 2.45) is 0 Å². The number of hydrogen-bond donors (Lipinski definition) is 0. The monoisotopic (exact) mass is 468 g/mol. The molecule has 0 saturated heterocycles. The first kappa shape index (κ1) is 24.0. The lowest BCUT2D eigenvalue weighted by Gasteiger charge is -2.30. The standard InChI is InChI=1S/C23H15F7N2O/c1-14-7-6-10-16(11-14)18-12-17(21(24,25)22(26,27)23(28,29)30)19(31-2)20(33)32(18)13-15-8-4-3-5-9-15/h3-12H,13H2,1H3. The lowest BCUT2D eigenvalue weighted by Crippen LogP contribution is -2.50. The first-order valence-electron chi connectivity index (χ1n) is 9.40. The van der Waals surface area contributed by atoms with Crippen LogP contribution in [0.4, 0.5) is 36.4 Å². The number of alkyl halides is 7. The topological polar surface area (TPSA) is 26.4 Å². The highest BCUT2D eigenvalue weighted by Crippen LogP contribution is 2.53. The molecule has 0 fully saturated rings. The van der Waals surface area contributed by atoms with E-state index < -0.39 is 34.8 Å². The molecule has 0 radical (unpaired) electrons. The van der Waals surface area contributed by atoms with Gasteiger partial charge < -0.3 is 4.57 Å². The smallest absolute Gasteiger partial charge is 0.313 e. The minimum Gasteiger partial charge on any atom is -0.313 e. The van der Waals surface area contributed by atoms with Crippen molar-refractivity contribution in [2.75, 3.05) is 0 Å². The molecular weight excluding hydrogens is 453 g/mol. The second-order valence-electron chi connectivity index (χ2n) is 7.30. The number of nitrogens with zero attached hydrogens (tertiary/aromatic N) is 2. The van der Waals surface area contributed by atoms with Crippen LogP contribution in [0.15, 0.2) is 65.5 Å². The van der Waals surface area contributed by atoms with Gasteiger partial charge in [0, 0.05) is 17.8 Å². The summed E-state index contributed by atoms with van der Waals surface area (Å²) in [6.07, 6.45) is -6.61. The molecule has 3 nitrogen and oxygen atoms in total. The van der Waals surface area contributed by atoms with Gasteiger partial charge in [-0.2, -0.15) is 30.7 Å². The van der Waals surface area contributed by atoms with E-state index in [0.717, 1.165) is 4.57 Å². The maximum Gasteiger partial charge on any atom is 0.460 e. The van der Waals surface area contributed by atoms with E-state index in [-0.39, 0.29) is 17.8 Å². The van der Waals surface area contributed by atoms with Crippen molar-refractivity contribution in [3.8, 4) is 11.3 Å². The molecule has 1 aromatic heterocycles. The normalized spacial score (nSPS) is 12.5. The Kier molecular flexibility index (Phi) is 6.11. The molecule has 10 heteroatoms. The molecule has 2 aromatic carbocycles. The summed E-state index contributed by atoms with van der Waals surface area (Å²) >= 11 is 0. The van der Waals surface area contributed by atoms with Gasteiger partial charge in [0.05, 0.1) is 6.57 Å². The SMILES string of the molecule is [C-]#[N+]c1c(C(F)(F)C(F)(F)C(F)(F)F)cc(-c2cccc(C)c2)n(Cc2ccccc2)c1=O. The van der Waals surface area contributed by atoms with E-state index in [1.54, 1.807) is 43.3 Å². The zero-order valence-corrected chi connectivity index (χ0v) is 16.9. The molecule has 0 spiro atoms. The summed E-state index contributed by atoms with van der Waals surface area (Å²) in [5.74, 6) is -12.4. The predicted octanol–water partition coefficient (Wildman–Crippen LogP) is 6.71. The van der Waals surface area contributed by atoms with E-state index in [1.165, 1.54) is 18.2 Å². The minimum absolute atomic E-state index is 0.131. The average molecular weight is 468 g/mol. The third-order valence-corrected chi connectivity index (χ3v) is 4.97. The number of benzene rings is 2. The Morgan fingerprint density at radius 2 is 1.55 bits per heavy atom. The first-order chi connectivity index (χ1) is 15.3. The van der Waals surface area contributed by atoms with E-state index in [9.17, 15) is 35.5 Å². The van der Waals surface area contributed by atoms with Crippen LogP contribution in [-0.2, 0) is 12.5 Å². The highest BCUT2D eigenvalue weighted by atomic mass is 19.4. The average Bonchev–Trinajstić information content (AvgIpc) is 2.74. The molecule has 172 valence electrons. The summed E-state index contributed by atoms with van der Waals surface area (Å²) in [6, 6.07) is 14.5. The van der Waals surface area contributed by atoms with Gasteiger partial charge >= 0.3 is 18.0 Å². The molecule has 0 aliphatic rings. The van der Waals surface area contributed by atoms with Crippen molar-refractivity contribution < 1.29 is 30.7 Å². The van der Waals surface area contributed by atoms with Crippen LogP contribution < -0.4 is 5.56 Å². The van der Waals surface area contributed by atoms with E-state index >= 15 is 0 Å². The van der Waals surface area contributed by atoms with Gasteiger partial charge in [-0.3, -0.25) is 4.79 Å². The number of aromatic nitrogens is 1. The van der Waals surface area contributed by atoms with E-state index in [1.807, 2.05) is 0 Å². The molecule has 0 saturated carbocycles. The Balaban J connectivity index is 2.38. The van der Waals surface area contributed by atoms with Gasteiger partial charge in [-0.25, -0.2) is 4.85 Å². The molecule has 0 bridgehead atoms. The van der Waals surface area contributed by atoms with Crippen molar-refractivity contribution >= 4 is 5.69 Å². The number of aryl methyl sites for hydroxylation is 1. The van der Waals surface area contributed by atoms with E-state index in [2.05, 4.69) is 4.85 Å². The zero-order chi connectivity index (χ0) is 24.6. The number of pyridine rings is 1. The molecule has 3 rings (SSSR count). The predicted molar refractivity (Wildman–Crippen MR) is 108 cm³/mol. The number of rotatable bonds is 5. The van der Waals surface area contributed by atoms with E-state index in [4.69, 9.17) is 6.57 Å². The molecule has 33 heavy (non-hydrogen) atoms. The summed E-state index contributed by atoms with van der Waals surface area (Å²) in [4.78, 5) is 15.6. The molecule has 0 atom stereocenters. The van der Waals surface area contributed by atoms with Gasteiger partial charge in [0.1, 0.15) is 0 Å². The minimum atomic E-state index is -6.61. The largest absolute Gasteiger partial charge is 0.460 e. The van der Waals surface area contributed by atoms with Crippen LogP contribution in [0.2, 0.25) is 0 Å². The molecule has 0 aliphatic heterocycles. The van der Waals surface area contributed by atoms with Gasteiger partial charge in [0.15, 0.2) is 0 Å². The lowest BCUT2D eigenvalue weighted by molar-refractivity contribution is -0.359. The molecular formula is C23H15F7N2O. The van der Waals surface area contributed by atoms with Crippen LogP contribution in [-0.4, -0.2) is 16.7 Å². The fraction of sp³-hybridized carbons (Fsp3) is 0.217. The van der Waals surface area contributed by atoms with Crippen molar-refractivity contribution in [3.63, 3.8) is 0 Å². The Hall–Kier alpha value is -3.61. The Morgan fingerprint density at radius 3 is 2.09 bits per heavy atom. The molecule has 3 aromatic rings. The van der Waals surface area contributed by atoms with Crippen LogP contribution in [0.1, 0.15) is 16.7 Å². The van der Waals surface area contributed by atoms with Crippen LogP contribution in [0.25, 0.3) is 16.1 Å². The zero-order valence-electron chi connectivity index (χ0n) is 16.9. The van der Waals surface area contributed by atoms with Crippen molar-refractivity contribution in [3.05, 3.63) is 99.1 Å². The third kappa shape index (κ3) is 4.23. The first-order valence-corrected chi connectivity index (χ1v) is 9.40. The fourth-order valence-electron chi connectivity index (χ4n) is 3.30. The Morgan fingerprint density at radius 1 is 0.909 bits per heavy atom. The molecule has 0 unspecified atom stereocenters. The molecule has 0 amide bonds. The summed E-state index contributed by atoms with van der Waals surface area (Å²) < 4.78 is 96.2. The maximum absolute atomic E-state index is 14.6. The summed E-state index contributed by atoms with van der Waals surface area (Å²) in [7, 11) is 0. The second kappa shape index (κ2) is 8.39. The quantitative estimate of drug-likeness (QED) is 0.302. The highest BCUT2D eigenvalue weighted by molar-refractivity contribution is 5.67. The molecule has 0 aliphatic carbocycles. The molecule has 1 heterocycles. The Bertz CT molecular complexity index is 1270. The van der Waals surface area contributed by atoms with Crippen LogP contribution in [0.3, 0.4) is 0 Å². The summed E-state index contributed by atoms with van der Waals surface area (Å²) in [5, 5.41) is 0. The number of hydrogen-bond acceptors (Lipinski definition) is 1. The van der Waals surface area contributed by atoms with Crippen LogP contribution in [0, 0.1) is 13.5 Å². The Labute approximate surface area is 183 Å². The highest BCUT2D eigenvalue weighted by Gasteiger charge is 2.74. The molecule has 0 N–H and O–H groups in total. The van der Waals surface area contributed by atoms with Gasteiger partial charge in [-0.1, -0.05) is 54.1 Å².